The van der Waals surface area contributed by atoms with E-state index in [1.807, 2.05) is 6.92 Å². The Labute approximate surface area is 179 Å². The summed E-state index contributed by atoms with van der Waals surface area (Å²) in [6, 6.07) is 8.73. The van der Waals surface area contributed by atoms with Gasteiger partial charge in [-0.25, -0.2) is 4.79 Å². The van der Waals surface area contributed by atoms with Gasteiger partial charge in [-0.05, 0) is 36.8 Å². The van der Waals surface area contributed by atoms with E-state index in [2.05, 4.69) is 10.3 Å². The number of benzene rings is 2. The second-order valence-electron chi connectivity index (χ2n) is 5.67. The largest absolute Gasteiger partial charge is 0.493 e. The van der Waals surface area contributed by atoms with Gasteiger partial charge in [-0.1, -0.05) is 11.6 Å². The molecule has 2 N–H and O–H groups in total. The zero-order valence-electron chi connectivity index (χ0n) is 15.3. The van der Waals surface area contributed by atoms with E-state index in [0.29, 0.717) is 38.8 Å². The fourth-order valence-corrected chi connectivity index (χ4v) is 3.06. The molecule has 2 aromatic carbocycles. The fraction of sp³-hybridized carbons (Fsp3) is 0.158. The first-order chi connectivity index (χ1) is 12.4. The maximum absolute atomic E-state index is 11.7. The molecule has 0 fully saturated rings. The van der Waals surface area contributed by atoms with E-state index < -0.39 is 5.97 Å². The number of aromatic nitrogens is 1. The van der Waals surface area contributed by atoms with Gasteiger partial charge in [0.05, 0.1) is 25.4 Å². The number of carboxylic acid groups (broad SMARTS) is 1. The van der Waals surface area contributed by atoms with Gasteiger partial charge in [0.25, 0.3) is 0 Å². The molecule has 3 rings (SSSR count). The van der Waals surface area contributed by atoms with Gasteiger partial charge in [-0.2, -0.15) is 0 Å². The number of hydrogen-bond acceptors (Lipinski definition) is 5. The molecule has 0 unspecified atom stereocenters. The Kier molecular flexibility index (Phi) is 8.17. The molecule has 1 heterocycles. The highest BCUT2D eigenvalue weighted by Gasteiger charge is 2.17. The Balaban J connectivity index is 0.00000196. The Bertz CT molecular complexity index is 1010. The second-order valence-corrected chi connectivity index (χ2v) is 6.10. The van der Waals surface area contributed by atoms with Crippen LogP contribution in [-0.4, -0.2) is 30.3 Å². The highest BCUT2D eigenvalue weighted by Crippen LogP contribution is 2.35. The number of halogens is 3. The highest BCUT2D eigenvalue weighted by molar-refractivity contribution is 6.31. The van der Waals surface area contributed by atoms with E-state index >= 15 is 0 Å². The normalized spacial score (nSPS) is 9.86. The molecule has 0 aliphatic rings. The SMILES string of the molecule is COc1ccc(Nc2c(C(=O)O)cnc3c(C)cc(Cl)cc23)cc1OC.Cl.Cl. The van der Waals surface area contributed by atoms with Crippen LogP contribution in [0.4, 0.5) is 11.4 Å². The van der Waals surface area contributed by atoms with Gasteiger partial charge in [-0.15, -0.1) is 24.8 Å². The van der Waals surface area contributed by atoms with Crippen LogP contribution in [0.15, 0.2) is 36.5 Å². The predicted molar refractivity (Wildman–Crippen MR) is 116 cm³/mol. The van der Waals surface area contributed by atoms with Crippen LogP contribution in [-0.2, 0) is 0 Å². The van der Waals surface area contributed by atoms with E-state index in [1.54, 1.807) is 37.4 Å². The second kappa shape index (κ2) is 9.68. The average molecular weight is 446 g/mol. The van der Waals surface area contributed by atoms with Gasteiger partial charge in [-0.3, -0.25) is 4.98 Å². The molecule has 0 aliphatic heterocycles. The number of carboxylic acids is 1. The molecule has 0 atom stereocenters. The molecule has 9 heteroatoms. The molecule has 0 saturated carbocycles. The van der Waals surface area contributed by atoms with Crippen molar-refractivity contribution in [3.8, 4) is 11.5 Å². The maximum Gasteiger partial charge on any atom is 0.339 e. The minimum absolute atomic E-state index is 0. The van der Waals surface area contributed by atoms with Crippen molar-refractivity contribution >= 4 is 64.7 Å². The van der Waals surface area contributed by atoms with Gasteiger partial charge < -0.3 is 19.9 Å². The van der Waals surface area contributed by atoms with Crippen molar-refractivity contribution in [3.05, 3.63) is 52.7 Å². The van der Waals surface area contributed by atoms with Gasteiger partial charge in [0, 0.05) is 28.4 Å². The highest BCUT2D eigenvalue weighted by atomic mass is 35.5. The standard InChI is InChI=1S/C19H17ClN2O4.2ClH/c1-10-6-11(20)7-13-17(10)21-9-14(19(23)24)18(13)22-12-4-5-15(25-2)16(8-12)26-3;;/h4-9H,1-3H3,(H,21,22)(H,23,24);2*1H. The summed E-state index contributed by atoms with van der Waals surface area (Å²) in [5, 5.41) is 13.9. The molecule has 0 spiro atoms. The fourth-order valence-electron chi connectivity index (χ4n) is 2.79. The van der Waals surface area contributed by atoms with Crippen LogP contribution >= 0.6 is 36.4 Å². The van der Waals surface area contributed by atoms with Crippen LogP contribution in [0.5, 0.6) is 11.5 Å². The summed E-state index contributed by atoms with van der Waals surface area (Å²) in [4.78, 5) is 16.0. The van der Waals surface area contributed by atoms with Crippen LogP contribution in [0.2, 0.25) is 5.02 Å². The Morgan fingerprint density at radius 2 is 1.79 bits per heavy atom. The molecule has 0 amide bonds. The topological polar surface area (TPSA) is 80.7 Å². The van der Waals surface area contributed by atoms with E-state index in [1.165, 1.54) is 13.3 Å². The summed E-state index contributed by atoms with van der Waals surface area (Å²) in [5.74, 6) is 0.0249. The van der Waals surface area contributed by atoms with Gasteiger partial charge >= 0.3 is 5.97 Å². The van der Waals surface area contributed by atoms with Gasteiger partial charge in [0.2, 0.25) is 0 Å². The summed E-state index contributed by atoms with van der Waals surface area (Å²) >= 11 is 6.18. The van der Waals surface area contributed by atoms with Crippen molar-refractivity contribution in [1.82, 2.24) is 4.98 Å². The van der Waals surface area contributed by atoms with Crippen LogP contribution in [0.3, 0.4) is 0 Å². The number of rotatable bonds is 5. The molecule has 0 saturated heterocycles. The number of methoxy groups -OCH3 is 2. The third-order valence-corrected chi connectivity index (χ3v) is 4.23. The minimum Gasteiger partial charge on any atom is -0.493 e. The Morgan fingerprint density at radius 3 is 2.39 bits per heavy atom. The van der Waals surface area contributed by atoms with Crippen molar-refractivity contribution < 1.29 is 19.4 Å². The van der Waals surface area contributed by atoms with Gasteiger partial charge in [0.1, 0.15) is 5.56 Å². The predicted octanol–water partition coefficient (Wildman–Crippen LogP) is 5.50. The quantitative estimate of drug-likeness (QED) is 0.540. The van der Waals surface area contributed by atoms with Crippen LogP contribution in [0, 0.1) is 6.92 Å². The lowest BCUT2D eigenvalue weighted by molar-refractivity contribution is 0.0697. The molecule has 3 aromatic rings. The number of nitrogens with zero attached hydrogens (tertiary/aromatic N) is 1. The third kappa shape index (κ3) is 4.52. The van der Waals surface area contributed by atoms with Crippen molar-refractivity contribution in [3.63, 3.8) is 0 Å². The van der Waals surface area contributed by atoms with E-state index in [0.717, 1.165) is 5.56 Å². The Morgan fingerprint density at radius 1 is 1.11 bits per heavy atom. The van der Waals surface area contributed by atoms with E-state index in [-0.39, 0.29) is 30.4 Å². The molecule has 1 aromatic heterocycles. The number of anilines is 2. The number of hydrogen-bond donors (Lipinski definition) is 2. The van der Waals surface area contributed by atoms with Crippen LogP contribution in [0.1, 0.15) is 15.9 Å². The number of aromatic carboxylic acids is 1. The first kappa shape index (κ1) is 23.6. The number of fused-ring (bicyclic) bond motifs is 1. The molecular weight excluding hydrogens is 427 g/mol. The summed E-state index contributed by atoms with van der Waals surface area (Å²) in [6.07, 6.45) is 1.34. The van der Waals surface area contributed by atoms with E-state index in [9.17, 15) is 9.90 Å². The first-order valence-corrected chi connectivity index (χ1v) is 8.13. The van der Waals surface area contributed by atoms with Crippen molar-refractivity contribution in [2.24, 2.45) is 0 Å². The van der Waals surface area contributed by atoms with Crippen LogP contribution < -0.4 is 14.8 Å². The monoisotopic (exact) mass is 444 g/mol. The zero-order valence-corrected chi connectivity index (χ0v) is 17.7. The maximum atomic E-state index is 11.7. The minimum atomic E-state index is -1.08. The first-order valence-electron chi connectivity index (χ1n) is 7.75. The summed E-state index contributed by atoms with van der Waals surface area (Å²) in [7, 11) is 3.09. The smallest absolute Gasteiger partial charge is 0.339 e. The van der Waals surface area contributed by atoms with E-state index in [4.69, 9.17) is 21.1 Å². The number of pyridine rings is 1. The summed E-state index contributed by atoms with van der Waals surface area (Å²) in [6.45, 7) is 1.88. The molecule has 0 aliphatic carbocycles. The number of nitrogens with one attached hydrogen (secondary N) is 1. The molecule has 150 valence electrons. The lowest BCUT2D eigenvalue weighted by atomic mass is 10.1. The third-order valence-electron chi connectivity index (χ3n) is 4.01. The summed E-state index contributed by atoms with van der Waals surface area (Å²) < 4.78 is 10.5. The molecule has 28 heavy (non-hydrogen) atoms. The van der Waals surface area contributed by atoms with Crippen molar-refractivity contribution in [2.75, 3.05) is 19.5 Å². The lowest BCUT2D eigenvalue weighted by Gasteiger charge is -2.15. The summed E-state index contributed by atoms with van der Waals surface area (Å²) in [5.41, 5.74) is 2.66. The van der Waals surface area contributed by atoms with Crippen molar-refractivity contribution in [2.45, 2.75) is 6.92 Å². The average Bonchev–Trinajstić information content (AvgIpc) is 2.61. The zero-order chi connectivity index (χ0) is 18.8. The van der Waals surface area contributed by atoms with Crippen LogP contribution in [0.25, 0.3) is 10.9 Å². The molecule has 0 radical (unpaired) electrons. The molecule has 6 nitrogen and oxygen atoms in total. The number of aryl methyl sites for hydroxylation is 1. The number of carbonyl (C=O) groups is 1. The Hall–Kier alpha value is -2.41. The molecule has 0 bridgehead atoms. The lowest BCUT2D eigenvalue weighted by Crippen LogP contribution is -2.05. The van der Waals surface area contributed by atoms with Gasteiger partial charge in [0.15, 0.2) is 11.5 Å². The van der Waals surface area contributed by atoms with Crippen molar-refractivity contribution in [1.29, 1.82) is 0 Å². The number of ether oxygens (including phenoxy) is 2. The molecular formula is C19H19Cl3N2O4.